The highest BCUT2D eigenvalue weighted by atomic mass is 35.5. The van der Waals surface area contributed by atoms with E-state index >= 15 is 0 Å². The molecule has 0 radical (unpaired) electrons. The van der Waals surface area contributed by atoms with Gasteiger partial charge in [0.2, 0.25) is 5.91 Å². The lowest BCUT2D eigenvalue weighted by atomic mass is 10.1. The number of amides is 1. The van der Waals surface area contributed by atoms with Crippen LogP contribution in [0, 0.1) is 0 Å². The zero-order valence-corrected chi connectivity index (χ0v) is 12.0. The van der Waals surface area contributed by atoms with E-state index in [0.29, 0.717) is 11.4 Å². The number of thiophene rings is 1. The van der Waals surface area contributed by atoms with Crippen LogP contribution >= 0.6 is 22.9 Å². The van der Waals surface area contributed by atoms with Crippen LogP contribution in [-0.4, -0.2) is 11.6 Å². The monoisotopic (exact) mass is 292 g/mol. The van der Waals surface area contributed by atoms with Gasteiger partial charge in [-0.1, -0.05) is 29.8 Å². The number of benzene rings is 1. The van der Waals surface area contributed by atoms with Crippen molar-refractivity contribution in [1.29, 1.82) is 0 Å². The second-order valence-corrected chi connectivity index (χ2v) is 5.40. The summed E-state index contributed by atoms with van der Waals surface area (Å²) in [5, 5.41) is 6.72. The zero-order chi connectivity index (χ0) is 13.7. The van der Waals surface area contributed by atoms with E-state index in [1.807, 2.05) is 36.6 Å². The van der Waals surface area contributed by atoms with Gasteiger partial charge in [0, 0.05) is 9.90 Å². The summed E-state index contributed by atoms with van der Waals surface area (Å²) in [4.78, 5) is 12.8. The molecule has 1 amide bonds. The summed E-state index contributed by atoms with van der Waals surface area (Å²) in [5.74, 6) is -0.141. The average molecular weight is 293 g/mol. The molecular weight excluding hydrogens is 280 g/mol. The smallest absolute Gasteiger partial charge is 0.244 e. The van der Waals surface area contributed by atoms with E-state index in [1.54, 1.807) is 23.5 Å². The molecule has 0 fully saturated rings. The molecule has 3 nitrogen and oxygen atoms in total. The first-order chi connectivity index (χ1) is 9.15. The quantitative estimate of drug-likeness (QED) is 0.680. The normalized spacial score (nSPS) is 11.4. The molecule has 5 heteroatoms. The molecule has 0 saturated carbocycles. The molecule has 1 aromatic carbocycles. The van der Waals surface area contributed by atoms with Crippen molar-refractivity contribution in [2.45, 2.75) is 13.3 Å². The Hall–Kier alpha value is -1.65. The molecular formula is C14H13ClN2OS. The Bertz CT molecular complexity index is 576. The van der Waals surface area contributed by atoms with E-state index in [2.05, 4.69) is 10.5 Å². The number of hydrogen-bond donors (Lipinski definition) is 1. The summed E-state index contributed by atoms with van der Waals surface area (Å²) >= 11 is 7.38. The van der Waals surface area contributed by atoms with E-state index in [-0.39, 0.29) is 5.91 Å². The van der Waals surface area contributed by atoms with Gasteiger partial charge in [-0.2, -0.15) is 5.10 Å². The largest absolute Gasteiger partial charge is 0.273 e. The minimum Gasteiger partial charge on any atom is -0.273 e. The Labute approximate surface area is 120 Å². The van der Waals surface area contributed by atoms with Crippen molar-refractivity contribution in [1.82, 2.24) is 5.43 Å². The van der Waals surface area contributed by atoms with Gasteiger partial charge in [0.05, 0.1) is 12.1 Å². The van der Waals surface area contributed by atoms with Crippen LogP contribution in [0.4, 0.5) is 0 Å². The zero-order valence-electron chi connectivity index (χ0n) is 10.4. The molecule has 0 aliphatic heterocycles. The lowest BCUT2D eigenvalue weighted by Gasteiger charge is -2.02. The molecule has 0 aliphatic rings. The maximum atomic E-state index is 11.7. The average Bonchev–Trinajstić information content (AvgIpc) is 2.93. The minimum atomic E-state index is -0.141. The predicted molar refractivity (Wildman–Crippen MR) is 79.8 cm³/mol. The lowest BCUT2D eigenvalue weighted by molar-refractivity contribution is -0.120. The number of nitrogens with zero attached hydrogens (tertiary/aromatic N) is 1. The standard InChI is InChI=1S/C14H13ClN2OS/c1-10(13-3-2-8-19-13)16-17-14(18)9-11-4-6-12(15)7-5-11/h2-8H,9H2,1H3,(H,17,18). The Morgan fingerprint density at radius 3 is 2.68 bits per heavy atom. The molecule has 19 heavy (non-hydrogen) atoms. The highest BCUT2D eigenvalue weighted by Gasteiger charge is 2.03. The van der Waals surface area contributed by atoms with Crippen LogP contribution in [0.5, 0.6) is 0 Å². The number of rotatable bonds is 4. The summed E-state index contributed by atoms with van der Waals surface area (Å²) in [5.41, 5.74) is 4.27. The highest BCUT2D eigenvalue weighted by Crippen LogP contribution is 2.10. The second-order valence-electron chi connectivity index (χ2n) is 4.01. The third-order valence-electron chi connectivity index (χ3n) is 2.50. The lowest BCUT2D eigenvalue weighted by Crippen LogP contribution is -2.21. The van der Waals surface area contributed by atoms with Crippen molar-refractivity contribution in [2.75, 3.05) is 0 Å². The fraction of sp³-hybridized carbons (Fsp3) is 0.143. The van der Waals surface area contributed by atoms with Gasteiger partial charge in [-0.15, -0.1) is 11.3 Å². The number of halogens is 1. The van der Waals surface area contributed by atoms with Crippen LogP contribution in [0.1, 0.15) is 17.4 Å². The van der Waals surface area contributed by atoms with Crippen LogP contribution in [0.15, 0.2) is 46.9 Å². The van der Waals surface area contributed by atoms with Crippen molar-refractivity contribution in [2.24, 2.45) is 5.10 Å². The van der Waals surface area contributed by atoms with Gasteiger partial charge >= 0.3 is 0 Å². The molecule has 1 N–H and O–H groups in total. The molecule has 0 bridgehead atoms. The van der Waals surface area contributed by atoms with E-state index in [4.69, 9.17) is 11.6 Å². The first kappa shape index (κ1) is 13.8. The van der Waals surface area contributed by atoms with E-state index in [1.165, 1.54) is 0 Å². The van der Waals surface area contributed by atoms with Gasteiger partial charge < -0.3 is 0 Å². The van der Waals surface area contributed by atoms with Gasteiger partial charge in [0.15, 0.2) is 0 Å². The molecule has 0 spiro atoms. The Kier molecular flexibility index (Phi) is 4.71. The van der Waals surface area contributed by atoms with Crippen LogP contribution in [-0.2, 0) is 11.2 Å². The summed E-state index contributed by atoms with van der Waals surface area (Å²) in [7, 11) is 0. The Morgan fingerprint density at radius 2 is 2.05 bits per heavy atom. The molecule has 2 aromatic rings. The summed E-state index contributed by atoms with van der Waals surface area (Å²) in [6, 6.07) is 11.1. The van der Waals surface area contributed by atoms with Crippen LogP contribution in [0.25, 0.3) is 0 Å². The fourth-order valence-electron chi connectivity index (χ4n) is 1.51. The number of nitrogens with one attached hydrogen (secondary N) is 1. The number of carbonyl (C=O) groups is 1. The predicted octanol–water partition coefficient (Wildman–Crippen LogP) is 3.48. The molecule has 0 saturated heterocycles. The summed E-state index contributed by atoms with van der Waals surface area (Å²) in [6.07, 6.45) is 0.290. The fourth-order valence-corrected chi connectivity index (χ4v) is 2.32. The van der Waals surface area contributed by atoms with E-state index in [0.717, 1.165) is 16.2 Å². The van der Waals surface area contributed by atoms with Crippen molar-refractivity contribution in [3.8, 4) is 0 Å². The van der Waals surface area contributed by atoms with Crippen molar-refractivity contribution in [3.05, 3.63) is 57.2 Å². The second kappa shape index (κ2) is 6.50. The Morgan fingerprint density at radius 1 is 1.32 bits per heavy atom. The van der Waals surface area contributed by atoms with Crippen molar-refractivity contribution >= 4 is 34.6 Å². The number of hydrogen-bond acceptors (Lipinski definition) is 3. The third kappa shape index (κ3) is 4.19. The van der Waals surface area contributed by atoms with E-state index < -0.39 is 0 Å². The molecule has 1 heterocycles. The van der Waals surface area contributed by atoms with E-state index in [9.17, 15) is 4.79 Å². The van der Waals surface area contributed by atoms with Gasteiger partial charge in [-0.05, 0) is 36.1 Å². The van der Waals surface area contributed by atoms with Gasteiger partial charge in [0.25, 0.3) is 0 Å². The summed E-state index contributed by atoms with van der Waals surface area (Å²) < 4.78 is 0. The topological polar surface area (TPSA) is 41.5 Å². The van der Waals surface area contributed by atoms with Gasteiger partial charge in [-0.3, -0.25) is 4.79 Å². The first-order valence-corrected chi connectivity index (χ1v) is 7.02. The number of hydrazone groups is 1. The third-order valence-corrected chi connectivity index (χ3v) is 3.73. The highest BCUT2D eigenvalue weighted by molar-refractivity contribution is 7.12. The van der Waals surface area contributed by atoms with Crippen molar-refractivity contribution < 1.29 is 4.79 Å². The van der Waals surface area contributed by atoms with Crippen LogP contribution < -0.4 is 5.43 Å². The minimum absolute atomic E-state index is 0.141. The SMILES string of the molecule is CC(=NNC(=O)Cc1ccc(Cl)cc1)c1cccs1. The van der Waals surface area contributed by atoms with Crippen LogP contribution in [0.3, 0.4) is 0 Å². The molecule has 1 aromatic heterocycles. The van der Waals surface area contributed by atoms with Gasteiger partial charge in [0.1, 0.15) is 0 Å². The first-order valence-electron chi connectivity index (χ1n) is 5.76. The van der Waals surface area contributed by atoms with Crippen LogP contribution in [0.2, 0.25) is 5.02 Å². The molecule has 0 aliphatic carbocycles. The molecule has 0 unspecified atom stereocenters. The number of carbonyl (C=O) groups excluding carboxylic acids is 1. The summed E-state index contributed by atoms with van der Waals surface area (Å²) in [6.45, 7) is 1.87. The molecule has 98 valence electrons. The Balaban J connectivity index is 1.91. The maximum absolute atomic E-state index is 11.7. The molecule has 2 rings (SSSR count). The molecule has 0 atom stereocenters. The van der Waals surface area contributed by atoms with Crippen molar-refractivity contribution in [3.63, 3.8) is 0 Å². The van der Waals surface area contributed by atoms with Gasteiger partial charge in [-0.25, -0.2) is 5.43 Å². The maximum Gasteiger partial charge on any atom is 0.244 e.